The van der Waals surface area contributed by atoms with Crippen molar-refractivity contribution >= 4 is 0 Å². The molecule has 0 aliphatic carbocycles. The number of phenolic OH excluding ortho intramolecular Hbond substituents is 1. The van der Waals surface area contributed by atoms with Gasteiger partial charge in [-0.3, -0.25) is 10.00 Å². The van der Waals surface area contributed by atoms with Gasteiger partial charge in [0, 0.05) is 24.9 Å². The van der Waals surface area contributed by atoms with Gasteiger partial charge < -0.3 is 14.5 Å². The molecule has 4 aromatic rings. The summed E-state index contributed by atoms with van der Waals surface area (Å²) < 4.78 is 6.02. The molecule has 1 atom stereocenters. The number of phenols is 1. The molecule has 0 amide bonds. The van der Waals surface area contributed by atoms with Gasteiger partial charge in [-0.2, -0.15) is 5.10 Å². The van der Waals surface area contributed by atoms with Gasteiger partial charge in [-0.1, -0.05) is 12.1 Å². The Hall–Kier alpha value is -3.32. The molecule has 0 unspecified atom stereocenters. The maximum atomic E-state index is 9.95. The number of aromatic amines is 2. The molecular formula is C20H19N5O2. The number of aromatic hydroxyl groups is 1. The summed E-state index contributed by atoms with van der Waals surface area (Å²) in [5, 5.41) is 16.8. The summed E-state index contributed by atoms with van der Waals surface area (Å²) >= 11 is 0. The highest BCUT2D eigenvalue weighted by molar-refractivity contribution is 5.51. The molecule has 5 rings (SSSR count). The van der Waals surface area contributed by atoms with Crippen LogP contribution in [0.2, 0.25) is 0 Å². The minimum atomic E-state index is -0.0344. The number of fused-ring (bicyclic) bond motifs is 1. The summed E-state index contributed by atoms with van der Waals surface area (Å²) in [7, 11) is 0. The first-order valence-electron chi connectivity index (χ1n) is 8.91. The number of rotatable bonds is 4. The van der Waals surface area contributed by atoms with Crippen LogP contribution < -0.4 is 0 Å². The second-order valence-corrected chi connectivity index (χ2v) is 6.72. The van der Waals surface area contributed by atoms with E-state index in [9.17, 15) is 5.11 Å². The van der Waals surface area contributed by atoms with Crippen LogP contribution in [0, 0.1) is 0 Å². The van der Waals surface area contributed by atoms with Crippen molar-refractivity contribution < 1.29 is 9.52 Å². The number of imidazole rings is 1. The van der Waals surface area contributed by atoms with Crippen molar-refractivity contribution in [1.29, 1.82) is 0 Å². The van der Waals surface area contributed by atoms with Crippen LogP contribution in [0.3, 0.4) is 0 Å². The van der Waals surface area contributed by atoms with Gasteiger partial charge in [-0.05, 0) is 35.9 Å². The van der Waals surface area contributed by atoms with Gasteiger partial charge in [0.2, 0.25) is 0 Å². The third-order valence-electron chi connectivity index (χ3n) is 5.00. The van der Waals surface area contributed by atoms with Gasteiger partial charge in [0.25, 0.3) is 0 Å². The fourth-order valence-corrected chi connectivity index (χ4v) is 3.76. The Labute approximate surface area is 155 Å². The van der Waals surface area contributed by atoms with Crippen molar-refractivity contribution in [3.05, 3.63) is 77.7 Å². The van der Waals surface area contributed by atoms with E-state index in [0.717, 1.165) is 47.1 Å². The number of aromatic nitrogens is 4. The van der Waals surface area contributed by atoms with Gasteiger partial charge >= 0.3 is 0 Å². The molecule has 0 spiro atoms. The van der Waals surface area contributed by atoms with Crippen LogP contribution in [0.1, 0.15) is 28.8 Å². The van der Waals surface area contributed by atoms with Crippen molar-refractivity contribution in [1.82, 2.24) is 25.1 Å². The average Bonchev–Trinajstić information content (AvgIpc) is 3.42. The lowest BCUT2D eigenvalue weighted by atomic mass is 9.95. The standard InChI is InChI=1S/C20H19N5O2/c26-14-3-1-2-13(10-14)20-19-17(21-12-22-19)7-9-25(20)11-15-4-5-18(27-15)16-6-8-23-24-16/h1-6,8,10,12,20,26H,7,9,11H2,(H,21,22)(H,23,24)/t20-/m1/s1. The average molecular weight is 361 g/mol. The van der Waals surface area contributed by atoms with Crippen LogP contribution in [0.5, 0.6) is 5.75 Å². The maximum Gasteiger partial charge on any atom is 0.152 e. The molecule has 7 nitrogen and oxygen atoms in total. The Kier molecular flexibility index (Phi) is 3.79. The fraction of sp³-hybridized carbons (Fsp3) is 0.200. The normalized spacial score (nSPS) is 17.1. The van der Waals surface area contributed by atoms with Crippen LogP contribution in [-0.4, -0.2) is 36.7 Å². The summed E-state index contributed by atoms with van der Waals surface area (Å²) in [6.45, 7) is 1.52. The summed E-state index contributed by atoms with van der Waals surface area (Å²) in [6.07, 6.45) is 4.35. The quantitative estimate of drug-likeness (QED) is 0.519. The maximum absolute atomic E-state index is 9.95. The zero-order valence-corrected chi connectivity index (χ0v) is 14.6. The third kappa shape index (κ3) is 2.92. The number of furan rings is 1. The molecule has 136 valence electrons. The van der Waals surface area contributed by atoms with E-state index >= 15 is 0 Å². The topological polar surface area (TPSA) is 94.0 Å². The van der Waals surface area contributed by atoms with Crippen molar-refractivity contribution in [2.75, 3.05) is 6.54 Å². The van der Waals surface area contributed by atoms with E-state index in [1.807, 2.05) is 30.3 Å². The van der Waals surface area contributed by atoms with E-state index in [2.05, 4.69) is 25.1 Å². The van der Waals surface area contributed by atoms with E-state index in [1.165, 1.54) is 0 Å². The summed E-state index contributed by atoms with van der Waals surface area (Å²) in [4.78, 5) is 10.1. The van der Waals surface area contributed by atoms with E-state index in [0.29, 0.717) is 6.54 Å². The molecule has 1 aliphatic rings. The van der Waals surface area contributed by atoms with Crippen LogP contribution in [-0.2, 0) is 13.0 Å². The smallest absolute Gasteiger partial charge is 0.152 e. The minimum absolute atomic E-state index is 0.0344. The predicted octanol–water partition coefficient (Wildman–Crippen LogP) is 3.25. The zero-order valence-electron chi connectivity index (χ0n) is 14.6. The Morgan fingerprint density at radius 2 is 2.19 bits per heavy atom. The molecule has 0 saturated heterocycles. The first-order chi connectivity index (χ1) is 13.3. The molecular weight excluding hydrogens is 342 g/mol. The number of hydrogen-bond donors (Lipinski definition) is 3. The number of nitrogens with one attached hydrogen (secondary N) is 2. The van der Waals surface area contributed by atoms with Crippen molar-refractivity contribution in [2.24, 2.45) is 0 Å². The summed E-state index contributed by atoms with van der Waals surface area (Å²) in [6, 6.07) is 13.2. The number of nitrogens with zero attached hydrogens (tertiary/aromatic N) is 3. The molecule has 0 fully saturated rings. The third-order valence-corrected chi connectivity index (χ3v) is 5.00. The van der Waals surface area contributed by atoms with Crippen molar-refractivity contribution in [3.63, 3.8) is 0 Å². The fourth-order valence-electron chi connectivity index (χ4n) is 3.76. The predicted molar refractivity (Wildman–Crippen MR) is 98.9 cm³/mol. The molecule has 0 saturated carbocycles. The lowest BCUT2D eigenvalue weighted by molar-refractivity contribution is 0.185. The first kappa shape index (κ1) is 15.9. The van der Waals surface area contributed by atoms with Crippen LogP contribution in [0.4, 0.5) is 0 Å². The molecule has 3 N–H and O–H groups in total. The van der Waals surface area contributed by atoms with Gasteiger partial charge in [-0.25, -0.2) is 4.98 Å². The number of hydrogen-bond acceptors (Lipinski definition) is 5. The Morgan fingerprint density at radius 3 is 3.04 bits per heavy atom. The van der Waals surface area contributed by atoms with E-state index in [4.69, 9.17) is 4.42 Å². The molecule has 7 heteroatoms. The second-order valence-electron chi connectivity index (χ2n) is 6.72. The zero-order chi connectivity index (χ0) is 18.2. The van der Waals surface area contributed by atoms with Crippen LogP contribution in [0.25, 0.3) is 11.5 Å². The molecule has 3 aromatic heterocycles. The lowest BCUT2D eigenvalue weighted by Gasteiger charge is -2.34. The Balaban J connectivity index is 1.47. The molecule has 27 heavy (non-hydrogen) atoms. The first-order valence-corrected chi connectivity index (χ1v) is 8.91. The molecule has 0 bridgehead atoms. The summed E-state index contributed by atoms with van der Waals surface area (Å²) in [5.41, 5.74) is 4.03. The minimum Gasteiger partial charge on any atom is -0.508 e. The molecule has 0 radical (unpaired) electrons. The highest BCUT2D eigenvalue weighted by Gasteiger charge is 2.31. The van der Waals surface area contributed by atoms with Crippen molar-refractivity contribution in [2.45, 2.75) is 19.0 Å². The van der Waals surface area contributed by atoms with E-state index in [-0.39, 0.29) is 11.8 Å². The largest absolute Gasteiger partial charge is 0.508 e. The molecule has 1 aliphatic heterocycles. The molecule has 4 heterocycles. The monoisotopic (exact) mass is 361 g/mol. The summed E-state index contributed by atoms with van der Waals surface area (Å²) in [5.74, 6) is 1.91. The Bertz CT molecular complexity index is 1050. The van der Waals surface area contributed by atoms with E-state index in [1.54, 1.807) is 24.7 Å². The highest BCUT2D eigenvalue weighted by Crippen LogP contribution is 2.36. The highest BCUT2D eigenvalue weighted by atomic mass is 16.3. The van der Waals surface area contributed by atoms with E-state index < -0.39 is 0 Å². The van der Waals surface area contributed by atoms with Gasteiger partial charge in [-0.15, -0.1) is 0 Å². The number of H-pyrrole nitrogens is 2. The van der Waals surface area contributed by atoms with Gasteiger partial charge in [0.05, 0.1) is 24.6 Å². The van der Waals surface area contributed by atoms with Gasteiger partial charge in [0.1, 0.15) is 17.2 Å². The SMILES string of the molecule is Oc1cccc([C@@H]2c3nc[nH]c3CCN2Cc2ccc(-c3ccn[nH]3)o2)c1. The van der Waals surface area contributed by atoms with Gasteiger partial charge in [0.15, 0.2) is 5.76 Å². The second kappa shape index (κ2) is 6.44. The van der Waals surface area contributed by atoms with Crippen molar-refractivity contribution in [3.8, 4) is 17.2 Å². The number of benzene rings is 1. The Morgan fingerprint density at radius 1 is 1.22 bits per heavy atom. The molecule has 1 aromatic carbocycles. The van der Waals surface area contributed by atoms with Crippen LogP contribution >= 0.6 is 0 Å². The van der Waals surface area contributed by atoms with Crippen LogP contribution in [0.15, 0.2) is 59.4 Å². The lowest BCUT2D eigenvalue weighted by Crippen LogP contribution is -2.35.